The van der Waals surface area contributed by atoms with E-state index >= 15 is 0 Å². The topological polar surface area (TPSA) is 63.1 Å². The molecule has 0 atom stereocenters. The molecule has 158 valence electrons. The number of carbonyl (C=O) groups excluding carboxylic acids is 1. The van der Waals surface area contributed by atoms with Gasteiger partial charge in [0, 0.05) is 31.3 Å². The van der Waals surface area contributed by atoms with E-state index in [0.717, 1.165) is 42.5 Å². The molecular formula is C20H26F3N5O. The lowest BCUT2D eigenvalue weighted by molar-refractivity contribution is -0.212. The number of fused-ring (bicyclic) bond motifs is 1. The summed E-state index contributed by atoms with van der Waals surface area (Å²) in [6.45, 7) is 8.91. The fraction of sp³-hybridized carbons (Fsp3) is 0.550. The van der Waals surface area contributed by atoms with Gasteiger partial charge in [0.25, 0.3) is 0 Å². The number of hydrogen-bond acceptors (Lipinski definition) is 4. The van der Waals surface area contributed by atoms with Crippen LogP contribution in [-0.2, 0) is 24.1 Å². The van der Waals surface area contributed by atoms with Crippen molar-refractivity contribution >= 4 is 17.4 Å². The molecule has 2 aromatic rings. The largest absolute Gasteiger partial charge is 0.504 e. The van der Waals surface area contributed by atoms with Crippen LogP contribution >= 0.6 is 0 Å². The fourth-order valence-corrected chi connectivity index (χ4v) is 3.40. The Morgan fingerprint density at radius 2 is 2.00 bits per heavy atom. The Kier molecular flexibility index (Phi) is 5.60. The second kappa shape index (κ2) is 7.68. The van der Waals surface area contributed by atoms with Crippen molar-refractivity contribution in [1.29, 1.82) is 0 Å². The van der Waals surface area contributed by atoms with E-state index in [2.05, 4.69) is 15.4 Å². The first kappa shape index (κ1) is 21.1. The maximum Gasteiger partial charge on any atom is 0.504 e. The Hall–Kier alpha value is -2.58. The molecule has 1 aliphatic rings. The van der Waals surface area contributed by atoms with E-state index in [1.807, 2.05) is 38.7 Å². The average molecular weight is 409 g/mol. The molecule has 29 heavy (non-hydrogen) atoms. The van der Waals surface area contributed by atoms with Gasteiger partial charge >= 0.3 is 6.30 Å². The van der Waals surface area contributed by atoms with Gasteiger partial charge in [-0.25, -0.2) is 4.98 Å². The van der Waals surface area contributed by atoms with E-state index < -0.39 is 6.30 Å². The van der Waals surface area contributed by atoms with Crippen molar-refractivity contribution in [3.8, 4) is 0 Å². The van der Waals surface area contributed by atoms with Crippen molar-refractivity contribution in [2.45, 2.75) is 59.8 Å². The highest BCUT2D eigenvalue weighted by Gasteiger charge is 2.32. The minimum absolute atomic E-state index is 0.0184. The number of nitrogens with one attached hydrogen (secondary N) is 1. The molecule has 1 N–H and O–H groups in total. The van der Waals surface area contributed by atoms with Gasteiger partial charge in [0.1, 0.15) is 5.82 Å². The lowest BCUT2D eigenvalue weighted by atomic mass is 9.92. The van der Waals surface area contributed by atoms with Crippen LogP contribution in [0.4, 0.5) is 24.7 Å². The Balaban J connectivity index is 1.78. The zero-order valence-electron chi connectivity index (χ0n) is 17.1. The number of rotatable bonds is 4. The van der Waals surface area contributed by atoms with Gasteiger partial charge in [-0.2, -0.15) is 9.78 Å². The van der Waals surface area contributed by atoms with E-state index in [4.69, 9.17) is 0 Å². The number of alkyl halides is 3. The van der Waals surface area contributed by atoms with Crippen LogP contribution in [0, 0.1) is 12.3 Å². The lowest BCUT2D eigenvalue weighted by Crippen LogP contribution is -2.30. The smallest absolute Gasteiger partial charge is 0.366 e. The number of aromatic nitrogens is 3. The predicted octanol–water partition coefficient (Wildman–Crippen LogP) is 4.39. The van der Waals surface area contributed by atoms with Gasteiger partial charge in [0.15, 0.2) is 0 Å². The molecule has 0 saturated heterocycles. The molecule has 0 spiro atoms. The van der Waals surface area contributed by atoms with Crippen LogP contribution in [0.5, 0.6) is 0 Å². The van der Waals surface area contributed by atoms with Gasteiger partial charge in [-0.3, -0.25) is 4.79 Å². The lowest BCUT2D eigenvalue weighted by Gasteiger charge is -2.31. The van der Waals surface area contributed by atoms with Gasteiger partial charge in [-0.1, -0.05) is 20.8 Å². The zero-order chi connectivity index (χ0) is 21.4. The van der Waals surface area contributed by atoms with Crippen molar-refractivity contribution < 1.29 is 18.0 Å². The number of anilines is 2. The maximum absolute atomic E-state index is 12.8. The minimum atomic E-state index is -4.52. The number of nitrogens with zero attached hydrogens (tertiary/aromatic N) is 4. The molecule has 1 amide bonds. The molecule has 0 unspecified atom stereocenters. The SMILES string of the molecule is Cc1cc2c(nc1NC(=O)CC(C)(C)C)CCCN2Cc1cnn(C(F)(F)F)c1. The summed E-state index contributed by atoms with van der Waals surface area (Å²) < 4.78 is 38.3. The second-order valence-corrected chi connectivity index (χ2v) is 8.69. The highest BCUT2D eigenvalue weighted by molar-refractivity contribution is 5.91. The average Bonchev–Trinajstić information content (AvgIpc) is 3.03. The van der Waals surface area contributed by atoms with Gasteiger partial charge in [-0.15, -0.1) is 13.2 Å². The monoisotopic (exact) mass is 409 g/mol. The number of amides is 1. The predicted molar refractivity (Wildman–Crippen MR) is 105 cm³/mol. The van der Waals surface area contributed by atoms with Crippen molar-refractivity contribution in [3.63, 3.8) is 0 Å². The van der Waals surface area contributed by atoms with Crippen LogP contribution in [0.2, 0.25) is 0 Å². The standard InChI is InChI=1S/C20H26F3N5O/c1-13-8-16-15(25-18(13)26-17(29)9-19(2,3)4)6-5-7-27(16)11-14-10-24-28(12-14)20(21,22)23/h8,10,12H,5-7,9,11H2,1-4H3,(H,25,26,29). The molecule has 3 rings (SSSR count). The van der Waals surface area contributed by atoms with E-state index in [1.54, 1.807) is 0 Å². The summed E-state index contributed by atoms with van der Waals surface area (Å²) in [6, 6.07) is 1.95. The quantitative estimate of drug-likeness (QED) is 0.814. The third kappa shape index (κ3) is 5.27. The summed E-state index contributed by atoms with van der Waals surface area (Å²) in [5.41, 5.74) is 2.92. The zero-order valence-corrected chi connectivity index (χ0v) is 17.1. The number of pyridine rings is 1. The number of hydrogen-bond donors (Lipinski definition) is 1. The summed E-state index contributed by atoms with van der Waals surface area (Å²) in [5.74, 6) is 0.463. The molecule has 0 fully saturated rings. The van der Waals surface area contributed by atoms with Crippen LogP contribution in [0.3, 0.4) is 0 Å². The molecule has 9 heteroatoms. The van der Waals surface area contributed by atoms with Gasteiger partial charge in [0.2, 0.25) is 5.91 Å². The minimum Gasteiger partial charge on any atom is -0.366 e. The van der Waals surface area contributed by atoms with Crippen LogP contribution in [0.25, 0.3) is 0 Å². The third-order valence-corrected chi connectivity index (χ3v) is 4.67. The van der Waals surface area contributed by atoms with Crippen molar-refractivity contribution in [2.75, 3.05) is 16.8 Å². The molecule has 0 radical (unpaired) electrons. The van der Waals surface area contributed by atoms with Crippen LogP contribution in [0.15, 0.2) is 18.5 Å². The third-order valence-electron chi connectivity index (χ3n) is 4.67. The first-order chi connectivity index (χ1) is 13.4. The summed E-state index contributed by atoms with van der Waals surface area (Å²) in [7, 11) is 0. The normalized spacial score (nSPS) is 14.7. The molecule has 0 aromatic carbocycles. The number of aryl methyl sites for hydroxylation is 2. The van der Waals surface area contributed by atoms with E-state index in [-0.39, 0.29) is 16.0 Å². The molecule has 2 aromatic heterocycles. The number of halogens is 3. The molecule has 0 aliphatic carbocycles. The Morgan fingerprint density at radius 3 is 2.62 bits per heavy atom. The highest BCUT2D eigenvalue weighted by Crippen LogP contribution is 2.31. The first-order valence-electron chi connectivity index (χ1n) is 9.58. The Morgan fingerprint density at radius 1 is 1.28 bits per heavy atom. The molecule has 1 aliphatic heterocycles. The number of carbonyl (C=O) groups is 1. The van der Waals surface area contributed by atoms with Crippen molar-refractivity contribution in [2.24, 2.45) is 5.41 Å². The summed E-state index contributed by atoms with van der Waals surface area (Å²) in [5, 5.41) is 6.30. The van der Waals surface area contributed by atoms with E-state index in [9.17, 15) is 18.0 Å². The van der Waals surface area contributed by atoms with E-state index in [0.29, 0.717) is 24.3 Å². The highest BCUT2D eigenvalue weighted by atomic mass is 19.4. The molecule has 0 saturated carbocycles. The maximum atomic E-state index is 12.8. The first-order valence-corrected chi connectivity index (χ1v) is 9.58. The van der Waals surface area contributed by atoms with Gasteiger partial charge in [-0.05, 0) is 36.8 Å². The van der Waals surface area contributed by atoms with Crippen LogP contribution in [-0.4, -0.2) is 27.2 Å². The van der Waals surface area contributed by atoms with Crippen molar-refractivity contribution in [1.82, 2.24) is 14.8 Å². The summed E-state index contributed by atoms with van der Waals surface area (Å²) in [6.07, 6.45) is -0.280. The molecule has 6 nitrogen and oxygen atoms in total. The molecule has 0 bridgehead atoms. The fourth-order valence-electron chi connectivity index (χ4n) is 3.40. The Bertz CT molecular complexity index is 898. The van der Waals surface area contributed by atoms with E-state index in [1.165, 1.54) is 6.20 Å². The molecular weight excluding hydrogens is 383 g/mol. The van der Waals surface area contributed by atoms with Crippen molar-refractivity contribution in [3.05, 3.63) is 35.3 Å². The van der Waals surface area contributed by atoms with Crippen LogP contribution in [0.1, 0.15) is 50.4 Å². The molecule has 3 heterocycles. The van der Waals surface area contributed by atoms with Gasteiger partial charge in [0.05, 0.1) is 17.6 Å². The summed E-state index contributed by atoms with van der Waals surface area (Å²) in [4.78, 5) is 18.9. The Labute approximate surface area is 168 Å². The van der Waals surface area contributed by atoms with Gasteiger partial charge < -0.3 is 10.2 Å². The van der Waals surface area contributed by atoms with Crippen LogP contribution < -0.4 is 10.2 Å². The summed E-state index contributed by atoms with van der Waals surface area (Å²) >= 11 is 0. The second-order valence-electron chi connectivity index (χ2n) is 8.69.